The summed E-state index contributed by atoms with van der Waals surface area (Å²) in [5.74, 6) is 0.612. The molecule has 0 N–H and O–H groups in total. The number of nitrogens with zero attached hydrogens (tertiary/aromatic N) is 6. The molecule has 0 aliphatic rings. The lowest BCUT2D eigenvalue weighted by molar-refractivity contribution is 0.273. The summed E-state index contributed by atoms with van der Waals surface area (Å²) in [5.41, 5.74) is 5.77. The molecule has 4 heterocycles. The minimum atomic E-state index is -0.131. The van der Waals surface area contributed by atoms with E-state index in [1.165, 1.54) is 0 Å². The van der Waals surface area contributed by atoms with Crippen LogP contribution in [0, 0.1) is 6.92 Å². The van der Waals surface area contributed by atoms with Gasteiger partial charge < -0.3 is 9.64 Å². The Labute approximate surface area is 203 Å². The monoisotopic (exact) mass is 468 g/mol. The Kier molecular flexibility index (Phi) is 6.05. The average molecular weight is 469 g/mol. The van der Waals surface area contributed by atoms with Crippen LogP contribution in [0.5, 0.6) is 5.88 Å². The smallest absolute Gasteiger partial charge is 0.333 e. The third kappa shape index (κ3) is 4.28. The first kappa shape index (κ1) is 22.7. The molecule has 1 aromatic carbocycles. The van der Waals surface area contributed by atoms with Crippen molar-refractivity contribution in [1.29, 1.82) is 0 Å². The summed E-state index contributed by atoms with van der Waals surface area (Å²) in [5, 5.41) is 0.893. The third-order valence-electron chi connectivity index (χ3n) is 6.17. The maximum atomic E-state index is 13.3. The molecule has 5 rings (SSSR count). The number of imidazole rings is 1. The van der Waals surface area contributed by atoms with Gasteiger partial charge in [0, 0.05) is 43.0 Å². The molecule has 178 valence electrons. The molecule has 4 aromatic heterocycles. The van der Waals surface area contributed by atoms with Crippen LogP contribution in [-0.4, -0.2) is 56.2 Å². The Balaban J connectivity index is 1.57. The molecule has 0 radical (unpaired) electrons. The molecular formula is C27H28N6O2. The number of hydrogen-bond acceptors (Lipinski definition) is 6. The van der Waals surface area contributed by atoms with Crippen LogP contribution in [0.1, 0.15) is 12.1 Å². The maximum Gasteiger partial charge on any atom is 0.333 e. The van der Waals surface area contributed by atoms with Crippen molar-refractivity contribution >= 4 is 21.9 Å². The third-order valence-corrected chi connectivity index (χ3v) is 6.17. The fraction of sp³-hybridized carbons (Fsp3) is 0.259. The van der Waals surface area contributed by atoms with Crippen LogP contribution >= 0.6 is 0 Å². The molecule has 0 amide bonds. The minimum absolute atomic E-state index is 0.131. The highest BCUT2D eigenvalue weighted by Gasteiger charge is 2.18. The Bertz CT molecular complexity index is 1570. The van der Waals surface area contributed by atoms with Crippen LogP contribution in [0.15, 0.2) is 65.8 Å². The van der Waals surface area contributed by atoms with Crippen LogP contribution < -0.4 is 10.4 Å². The van der Waals surface area contributed by atoms with E-state index in [0.29, 0.717) is 12.5 Å². The highest BCUT2D eigenvalue weighted by atomic mass is 16.5. The molecular weight excluding hydrogens is 440 g/mol. The first-order chi connectivity index (χ1) is 16.9. The van der Waals surface area contributed by atoms with E-state index in [4.69, 9.17) is 4.74 Å². The van der Waals surface area contributed by atoms with E-state index >= 15 is 0 Å². The number of ether oxygens (including phenoxy) is 1. The Morgan fingerprint density at radius 2 is 1.83 bits per heavy atom. The van der Waals surface area contributed by atoms with Gasteiger partial charge in [-0.3, -0.25) is 19.1 Å². The van der Waals surface area contributed by atoms with E-state index in [0.717, 1.165) is 57.4 Å². The molecule has 0 aliphatic heterocycles. The van der Waals surface area contributed by atoms with E-state index in [2.05, 4.69) is 25.9 Å². The summed E-state index contributed by atoms with van der Waals surface area (Å²) in [7, 11) is 5.87. The van der Waals surface area contributed by atoms with Crippen LogP contribution in [0.4, 0.5) is 0 Å². The van der Waals surface area contributed by atoms with Crippen molar-refractivity contribution in [2.24, 2.45) is 7.05 Å². The number of hydrogen-bond donors (Lipinski definition) is 0. The summed E-state index contributed by atoms with van der Waals surface area (Å²) < 4.78 is 9.13. The first-order valence-electron chi connectivity index (χ1n) is 11.6. The fourth-order valence-corrected chi connectivity index (χ4v) is 4.31. The van der Waals surface area contributed by atoms with Crippen LogP contribution in [0.25, 0.3) is 38.8 Å². The topological polar surface area (TPSA) is 78.1 Å². The van der Waals surface area contributed by atoms with Crippen molar-refractivity contribution in [1.82, 2.24) is 29.0 Å². The summed E-state index contributed by atoms with van der Waals surface area (Å²) in [6.45, 7) is 3.51. The van der Waals surface area contributed by atoms with Gasteiger partial charge in [-0.1, -0.05) is 6.07 Å². The van der Waals surface area contributed by atoms with Crippen molar-refractivity contribution < 1.29 is 4.74 Å². The lowest BCUT2D eigenvalue weighted by atomic mass is 10.0. The van der Waals surface area contributed by atoms with Crippen LogP contribution in [0.3, 0.4) is 0 Å². The molecule has 0 saturated heterocycles. The average Bonchev–Trinajstić information content (AvgIpc) is 3.12. The van der Waals surface area contributed by atoms with Crippen molar-refractivity contribution in [2.75, 3.05) is 27.2 Å². The molecule has 0 saturated carbocycles. The quantitative estimate of drug-likeness (QED) is 0.336. The summed E-state index contributed by atoms with van der Waals surface area (Å²) in [6.07, 6.45) is 6.25. The maximum absolute atomic E-state index is 13.3. The fourth-order valence-electron chi connectivity index (χ4n) is 4.31. The predicted molar refractivity (Wildman–Crippen MR) is 138 cm³/mol. The molecule has 0 aliphatic carbocycles. The Hall–Kier alpha value is -4.04. The summed E-state index contributed by atoms with van der Waals surface area (Å²) in [6, 6.07) is 13.7. The zero-order valence-electron chi connectivity index (χ0n) is 20.4. The largest absolute Gasteiger partial charge is 0.478 e. The van der Waals surface area contributed by atoms with Crippen LogP contribution in [-0.2, 0) is 7.05 Å². The van der Waals surface area contributed by atoms with Gasteiger partial charge in [0.05, 0.1) is 40.7 Å². The number of rotatable bonds is 7. The van der Waals surface area contributed by atoms with E-state index in [1.54, 1.807) is 28.6 Å². The Morgan fingerprint density at radius 1 is 1.00 bits per heavy atom. The lowest BCUT2D eigenvalue weighted by Crippen LogP contribution is -2.21. The minimum Gasteiger partial charge on any atom is -0.478 e. The first-order valence-corrected chi connectivity index (χ1v) is 11.6. The van der Waals surface area contributed by atoms with Crippen molar-refractivity contribution in [2.45, 2.75) is 13.3 Å². The molecule has 0 spiro atoms. The molecule has 5 aromatic rings. The van der Waals surface area contributed by atoms with E-state index in [1.807, 2.05) is 63.6 Å². The zero-order valence-corrected chi connectivity index (χ0v) is 20.4. The van der Waals surface area contributed by atoms with Gasteiger partial charge >= 0.3 is 5.69 Å². The number of pyridine rings is 3. The SMILES string of the molecule is Cc1ncccc1-n1c(=O)n(C)c2cnc3ccc(-c4ccc(OCCCN(C)C)nc4)cc3c21. The van der Waals surface area contributed by atoms with Crippen molar-refractivity contribution in [3.8, 4) is 22.7 Å². The second-order valence-corrected chi connectivity index (χ2v) is 8.90. The zero-order chi connectivity index (χ0) is 24.5. The van der Waals surface area contributed by atoms with E-state index < -0.39 is 0 Å². The Morgan fingerprint density at radius 3 is 2.57 bits per heavy atom. The van der Waals surface area contributed by atoms with Crippen molar-refractivity contribution in [3.05, 3.63) is 77.2 Å². The molecule has 8 heteroatoms. The molecule has 0 fully saturated rings. The molecule has 0 unspecified atom stereocenters. The predicted octanol–water partition coefficient (Wildman–Crippen LogP) is 3.97. The van der Waals surface area contributed by atoms with E-state index in [-0.39, 0.29) is 5.69 Å². The van der Waals surface area contributed by atoms with Gasteiger partial charge in [0.1, 0.15) is 0 Å². The molecule has 0 bridgehead atoms. The van der Waals surface area contributed by atoms with E-state index in [9.17, 15) is 4.79 Å². The van der Waals surface area contributed by atoms with Crippen LogP contribution in [0.2, 0.25) is 0 Å². The molecule has 0 atom stereocenters. The van der Waals surface area contributed by atoms with Crippen molar-refractivity contribution in [3.63, 3.8) is 0 Å². The lowest BCUT2D eigenvalue weighted by Gasteiger charge is -2.11. The normalized spacial score (nSPS) is 11.6. The number of fused-ring (bicyclic) bond motifs is 3. The molecule has 8 nitrogen and oxygen atoms in total. The van der Waals surface area contributed by atoms with Gasteiger partial charge in [-0.2, -0.15) is 0 Å². The highest BCUT2D eigenvalue weighted by Crippen LogP contribution is 2.30. The number of benzene rings is 1. The number of aryl methyl sites for hydroxylation is 2. The van der Waals surface area contributed by atoms with Gasteiger partial charge in [0.25, 0.3) is 0 Å². The second-order valence-electron chi connectivity index (χ2n) is 8.90. The van der Waals surface area contributed by atoms with Gasteiger partial charge in [-0.05, 0) is 63.3 Å². The van der Waals surface area contributed by atoms with Gasteiger partial charge in [0.15, 0.2) is 0 Å². The van der Waals surface area contributed by atoms with Gasteiger partial charge in [0.2, 0.25) is 5.88 Å². The standard InChI is InChI=1S/C27H28N6O2/c1-18-23(7-5-12-28-18)33-26-21-15-19(8-10-22(21)29-17-24(26)32(4)27(33)34)20-9-11-25(30-16-20)35-14-6-13-31(2)3/h5,7-12,15-17H,6,13-14H2,1-4H3. The molecule has 35 heavy (non-hydrogen) atoms. The summed E-state index contributed by atoms with van der Waals surface area (Å²) in [4.78, 5) is 28.9. The summed E-state index contributed by atoms with van der Waals surface area (Å²) >= 11 is 0. The second kappa shape index (κ2) is 9.31. The van der Waals surface area contributed by atoms with Gasteiger partial charge in [-0.25, -0.2) is 9.78 Å². The number of aromatic nitrogens is 5. The highest BCUT2D eigenvalue weighted by molar-refractivity contribution is 6.04. The van der Waals surface area contributed by atoms with Gasteiger partial charge in [-0.15, -0.1) is 0 Å².